The summed E-state index contributed by atoms with van der Waals surface area (Å²) in [7, 11) is 0. The van der Waals surface area contributed by atoms with Crippen molar-refractivity contribution in [1.29, 1.82) is 0 Å². The van der Waals surface area contributed by atoms with E-state index in [-0.39, 0.29) is 11.9 Å². The highest BCUT2D eigenvalue weighted by Crippen LogP contribution is 2.28. The number of nitrogens with zero attached hydrogens (tertiary/aromatic N) is 2. The number of thiazole rings is 1. The third-order valence-electron chi connectivity index (χ3n) is 5.90. The zero-order valence-electron chi connectivity index (χ0n) is 19.1. The van der Waals surface area contributed by atoms with Crippen LogP contribution in [-0.4, -0.2) is 41.5 Å². The second-order valence-corrected chi connectivity index (χ2v) is 10.2. The van der Waals surface area contributed by atoms with Gasteiger partial charge in [-0.2, -0.15) is 0 Å². The lowest BCUT2D eigenvalue weighted by Gasteiger charge is -2.32. The number of anilines is 1. The molecule has 3 aromatic rings. The first-order valence-electron chi connectivity index (χ1n) is 11.5. The standard InChI is InChI=1S/C25H27Cl2FN4O2S/c26-20-6-3-16(12-21(20)27)14-32-9-7-17(8-10-32)30-24(33)2-1-11-34-18-4-5-19(22(28)13-18)23-15-35-25(29)31-23/h3-6,12-13,15,17H,1-2,7-11,14H2,(H2,29,31)(H,30,33). The summed E-state index contributed by atoms with van der Waals surface area (Å²) in [6, 6.07) is 10.5. The van der Waals surface area contributed by atoms with Crippen molar-refractivity contribution >= 4 is 45.6 Å². The van der Waals surface area contributed by atoms with Gasteiger partial charge in [0, 0.05) is 49.1 Å². The molecule has 0 unspecified atom stereocenters. The lowest BCUT2D eigenvalue weighted by molar-refractivity contribution is -0.122. The van der Waals surface area contributed by atoms with Crippen molar-refractivity contribution in [1.82, 2.24) is 15.2 Å². The van der Waals surface area contributed by atoms with Crippen LogP contribution in [0, 0.1) is 5.82 Å². The number of nitrogen functional groups attached to an aromatic ring is 1. The molecule has 0 aliphatic carbocycles. The van der Waals surface area contributed by atoms with Crippen molar-refractivity contribution in [2.75, 3.05) is 25.4 Å². The Morgan fingerprint density at radius 3 is 2.69 bits per heavy atom. The average Bonchev–Trinajstić information content (AvgIpc) is 3.26. The molecule has 186 valence electrons. The Balaban J connectivity index is 1.13. The van der Waals surface area contributed by atoms with Gasteiger partial charge in [-0.15, -0.1) is 11.3 Å². The molecule has 1 amide bonds. The van der Waals surface area contributed by atoms with E-state index in [4.69, 9.17) is 33.7 Å². The van der Waals surface area contributed by atoms with Gasteiger partial charge in [0.25, 0.3) is 0 Å². The van der Waals surface area contributed by atoms with E-state index in [9.17, 15) is 9.18 Å². The van der Waals surface area contributed by atoms with Crippen LogP contribution in [0.5, 0.6) is 5.75 Å². The SMILES string of the molecule is Nc1nc(-c2ccc(OCCCC(=O)NC3CCN(Cc4ccc(Cl)c(Cl)c4)CC3)cc2F)cs1. The van der Waals surface area contributed by atoms with Crippen molar-refractivity contribution in [3.05, 3.63) is 63.2 Å². The maximum atomic E-state index is 14.4. The predicted octanol–water partition coefficient (Wildman–Crippen LogP) is 5.78. The summed E-state index contributed by atoms with van der Waals surface area (Å²) in [5, 5.41) is 6.36. The maximum absolute atomic E-state index is 14.4. The Bertz CT molecular complexity index is 1170. The largest absolute Gasteiger partial charge is 0.493 e. The molecule has 1 aliphatic rings. The second-order valence-electron chi connectivity index (χ2n) is 8.53. The van der Waals surface area contributed by atoms with Gasteiger partial charge in [0.05, 0.1) is 22.3 Å². The lowest BCUT2D eigenvalue weighted by Crippen LogP contribution is -2.44. The van der Waals surface area contributed by atoms with Gasteiger partial charge >= 0.3 is 0 Å². The minimum absolute atomic E-state index is 0.0131. The minimum atomic E-state index is -0.420. The number of benzene rings is 2. The van der Waals surface area contributed by atoms with Crippen LogP contribution in [0.25, 0.3) is 11.3 Å². The summed E-state index contributed by atoms with van der Waals surface area (Å²) in [5.74, 6) is 0.0134. The summed E-state index contributed by atoms with van der Waals surface area (Å²) < 4.78 is 20.0. The summed E-state index contributed by atoms with van der Waals surface area (Å²) in [5.41, 5.74) is 7.64. The van der Waals surface area contributed by atoms with Crippen molar-refractivity contribution in [2.45, 2.75) is 38.3 Å². The number of nitrogens with one attached hydrogen (secondary N) is 1. The topological polar surface area (TPSA) is 80.5 Å². The van der Waals surface area contributed by atoms with Crippen molar-refractivity contribution in [2.24, 2.45) is 0 Å². The van der Waals surface area contributed by atoms with E-state index >= 15 is 0 Å². The number of ether oxygens (including phenoxy) is 1. The number of likely N-dealkylation sites (tertiary alicyclic amines) is 1. The van der Waals surface area contributed by atoms with Crippen LogP contribution in [0.2, 0.25) is 10.0 Å². The van der Waals surface area contributed by atoms with Crippen LogP contribution < -0.4 is 15.8 Å². The number of amides is 1. The maximum Gasteiger partial charge on any atom is 0.220 e. The first kappa shape index (κ1) is 25.7. The third-order valence-corrected chi connectivity index (χ3v) is 7.31. The molecule has 0 spiro atoms. The number of hydrogen-bond donors (Lipinski definition) is 2. The molecule has 1 fully saturated rings. The predicted molar refractivity (Wildman–Crippen MR) is 140 cm³/mol. The number of rotatable bonds is 9. The normalized spacial score (nSPS) is 14.7. The second kappa shape index (κ2) is 12.0. The van der Waals surface area contributed by atoms with E-state index in [1.54, 1.807) is 17.5 Å². The van der Waals surface area contributed by atoms with Gasteiger partial charge in [0.15, 0.2) is 5.13 Å². The van der Waals surface area contributed by atoms with E-state index in [1.807, 2.05) is 18.2 Å². The van der Waals surface area contributed by atoms with Gasteiger partial charge in [0.2, 0.25) is 5.91 Å². The number of carbonyl (C=O) groups excluding carboxylic acids is 1. The Morgan fingerprint density at radius 2 is 2.00 bits per heavy atom. The molecule has 1 aromatic heterocycles. The fraction of sp³-hybridized carbons (Fsp3) is 0.360. The number of hydrogen-bond acceptors (Lipinski definition) is 6. The molecule has 0 bridgehead atoms. The molecule has 4 rings (SSSR count). The third kappa shape index (κ3) is 7.30. The number of piperidine rings is 1. The zero-order chi connectivity index (χ0) is 24.8. The molecule has 3 N–H and O–H groups in total. The molecule has 6 nitrogen and oxygen atoms in total. The van der Waals surface area contributed by atoms with E-state index in [2.05, 4.69) is 15.2 Å². The Morgan fingerprint density at radius 1 is 1.20 bits per heavy atom. The van der Waals surface area contributed by atoms with Gasteiger partial charge in [0.1, 0.15) is 11.6 Å². The summed E-state index contributed by atoms with van der Waals surface area (Å²) in [6.07, 6.45) is 2.72. The number of aromatic nitrogens is 1. The summed E-state index contributed by atoms with van der Waals surface area (Å²) in [6.45, 7) is 2.96. The highest BCUT2D eigenvalue weighted by atomic mass is 35.5. The molecule has 0 atom stereocenters. The minimum Gasteiger partial charge on any atom is -0.493 e. The van der Waals surface area contributed by atoms with Crippen LogP contribution in [-0.2, 0) is 11.3 Å². The van der Waals surface area contributed by atoms with Gasteiger partial charge < -0.3 is 15.8 Å². The first-order valence-corrected chi connectivity index (χ1v) is 13.1. The molecule has 0 saturated carbocycles. The molecule has 1 aliphatic heterocycles. The number of nitrogens with two attached hydrogens (primary N) is 1. The summed E-state index contributed by atoms with van der Waals surface area (Å²) >= 11 is 13.4. The molecule has 2 aromatic carbocycles. The van der Waals surface area contributed by atoms with Gasteiger partial charge in [-0.1, -0.05) is 29.3 Å². The Hall–Kier alpha value is -2.39. The number of carbonyl (C=O) groups is 1. The van der Waals surface area contributed by atoms with Gasteiger partial charge in [-0.25, -0.2) is 9.37 Å². The van der Waals surface area contributed by atoms with Crippen LogP contribution >= 0.6 is 34.5 Å². The molecule has 1 saturated heterocycles. The van der Waals surface area contributed by atoms with Crippen molar-refractivity contribution < 1.29 is 13.9 Å². The summed E-state index contributed by atoms with van der Waals surface area (Å²) in [4.78, 5) is 18.8. The van der Waals surface area contributed by atoms with Crippen molar-refractivity contribution in [3.8, 4) is 17.0 Å². The Kier molecular flexibility index (Phi) is 8.83. The van der Waals surface area contributed by atoms with Crippen molar-refractivity contribution in [3.63, 3.8) is 0 Å². The van der Waals surface area contributed by atoms with E-state index in [0.29, 0.717) is 51.6 Å². The Labute approximate surface area is 218 Å². The van der Waals surface area contributed by atoms with Crippen LogP contribution in [0.4, 0.5) is 9.52 Å². The molecular weight excluding hydrogens is 510 g/mol. The van der Waals surface area contributed by atoms with Crippen LogP contribution in [0.1, 0.15) is 31.2 Å². The van der Waals surface area contributed by atoms with E-state index in [1.165, 1.54) is 17.4 Å². The van der Waals surface area contributed by atoms with Crippen LogP contribution in [0.15, 0.2) is 41.8 Å². The van der Waals surface area contributed by atoms with Gasteiger partial charge in [-0.3, -0.25) is 9.69 Å². The van der Waals surface area contributed by atoms with E-state index in [0.717, 1.165) is 38.0 Å². The monoisotopic (exact) mass is 536 g/mol. The van der Waals surface area contributed by atoms with Gasteiger partial charge in [-0.05, 0) is 49.1 Å². The molecule has 10 heteroatoms. The zero-order valence-corrected chi connectivity index (χ0v) is 21.4. The highest BCUT2D eigenvalue weighted by molar-refractivity contribution is 7.13. The lowest BCUT2D eigenvalue weighted by atomic mass is 10.0. The average molecular weight is 537 g/mol. The molecule has 35 heavy (non-hydrogen) atoms. The smallest absolute Gasteiger partial charge is 0.220 e. The molecule has 2 heterocycles. The first-order chi connectivity index (χ1) is 16.9. The fourth-order valence-electron chi connectivity index (χ4n) is 4.06. The number of halogens is 3. The van der Waals surface area contributed by atoms with E-state index < -0.39 is 5.82 Å². The quantitative estimate of drug-likeness (QED) is 0.339. The molecule has 0 radical (unpaired) electrons. The molecular formula is C25H27Cl2FN4O2S. The van der Waals surface area contributed by atoms with Crippen LogP contribution in [0.3, 0.4) is 0 Å². The fourth-order valence-corrected chi connectivity index (χ4v) is 4.94. The highest BCUT2D eigenvalue weighted by Gasteiger charge is 2.21.